The second-order valence-corrected chi connectivity index (χ2v) is 6.95. The van der Waals surface area contributed by atoms with E-state index in [9.17, 15) is 4.79 Å². The lowest BCUT2D eigenvalue weighted by Gasteiger charge is -2.19. The Hall–Kier alpha value is -2.96. The van der Waals surface area contributed by atoms with Gasteiger partial charge in [-0.3, -0.25) is 4.79 Å². The molecule has 1 saturated carbocycles. The second kappa shape index (κ2) is 6.09. The fourth-order valence-electron chi connectivity index (χ4n) is 3.54. The van der Waals surface area contributed by atoms with E-state index in [4.69, 9.17) is 0 Å². The van der Waals surface area contributed by atoms with E-state index in [2.05, 4.69) is 20.4 Å². The maximum atomic E-state index is 13.1. The van der Waals surface area contributed by atoms with E-state index in [0.717, 1.165) is 35.4 Å². The summed E-state index contributed by atoms with van der Waals surface area (Å²) < 4.78 is 1.74. The standard InChI is InChI=1S/C19H20N6O/c26-19(15-11-22-25-8-2-1-3-17(15)25)24-9-6-14-16(7-10-24)20-12-21-18(14)23-13-4-5-13/h1-3,8,11-13H,4-7,9-10H2,(H,20,21,23). The minimum Gasteiger partial charge on any atom is -0.367 e. The van der Waals surface area contributed by atoms with E-state index >= 15 is 0 Å². The smallest absolute Gasteiger partial charge is 0.257 e. The van der Waals surface area contributed by atoms with Gasteiger partial charge in [-0.2, -0.15) is 5.10 Å². The van der Waals surface area contributed by atoms with E-state index in [-0.39, 0.29) is 5.91 Å². The molecule has 5 rings (SSSR count). The number of anilines is 1. The Bertz CT molecular complexity index is 977. The third-order valence-corrected chi connectivity index (χ3v) is 5.15. The van der Waals surface area contributed by atoms with Crippen molar-refractivity contribution in [1.29, 1.82) is 0 Å². The fraction of sp³-hybridized carbons (Fsp3) is 0.368. The van der Waals surface area contributed by atoms with Gasteiger partial charge >= 0.3 is 0 Å². The molecule has 26 heavy (non-hydrogen) atoms. The molecule has 1 aliphatic heterocycles. The van der Waals surface area contributed by atoms with Gasteiger partial charge in [0.05, 0.1) is 23.0 Å². The summed E-state index contributed by atoms with van der Waals surface area (Å²) in [5, 5.41) is 7.79. The first-order valence-electron chi connectivity index (χ1n) is 9.10. The first-order valence-corrected chi connectivity index (χ1v) is 9.10. The SMILES string of the molecule is O=C(c1cnn2ccccc12)N1CCc2ncnc(NC3CC3)c2CC1. The van der Waals surface area contributed by atoms with Crippen LogP contribution in [0.15, 0.2) is 36.9 Å². The van der Waals surface area contributed by atoms with Crippen molar-refractivity contribution in [3.05, 3.63) is 53.7 Å². The molecule has 3 aromatic heterocycles. The molecule has 0 bridgehead atoms. The number of nitrogens with one attached hydrogen (secondary N) is 1. The van der Waals surface area contributed by atoms with E-state index in [1.165, 1.54) is 12.8 Å². The highest BCUT2D eigenvalue weighted by Crippen LogP contribution is 2.28. The zero-order chi connectivity index (χ0) is 17.5. The van der Waals surface area contributed by atoms with Gasteiger partial charge in [-0.05, 0) is 31.4 Å². The fourth-order valence-corrected chi connectivity index (χ4v) is 3.54. The topological polar surface area (TPSA) is 75.4 Å². The van der Waals surface area contributed by atoms with Crippen LogP contribution in [0.5, 0.6) is 0 Å². The van der Waals surface area contributed by atoms with Crippen LogP contribution in [0.1, 0.15) is 34.5 Å². The highest BCUT2D eigenvalue weighted by molar-refractivity contribution is 6.00. The quantitative estimate of drug-likeness (QED) is 0.783. The Labute approximate surface area is 151 Å². The lowest BCUT2D eigenvalue weighted by atomic mass is 10.1. The van der Waals surface area contributed by atoms with Crippen LogP contribution >= 0.6 is 0 Å². The van der Waals surface area contributed by atoms with Crippen molar-refractivity contribution in [1.82, 2.24) is 24.5 Å². The lowest BCUT2D eigenvalue weighted by Crippen LogP contribution is -2.33. The van der Waals surface area contributed by atoms with Gasteiger partial charge in [-0.1, -0.05) is 6.07 Å². The van der Waals surface area contributed by atoms with Crippen molar-refractivity contribution >= 4 is 17.2 Å². The van der Waals surface area contributed by atoms with Crippen LogP contribution < -0.4 is 5.32 Å². The minimum absolute atomic E-state index is 0.0312. The molecule has 0 spiro atoms. The largest absolute Gasteiger partial charge is 0.367 e. The minimum atomic E-state index is 0.0312. The Morgan fingerprint density at radius 3 is 2.92 bits per heavy atom. The average molecular weight is 348 g/mol. The summed E-state index contributed by atoms with van der Waals surface area (Å²) >= 11 is 0. The molecule has 1 aliphatic carbocycles. The third kappa shape index (κ3) is 2.69. The molecule has 3 aromatic rings. The monoisotopic (exact) mass is 348 g/mol. The first kappa shape index (κ1) is 15.3. The van der Waals surface area contributed by atoms with Gasteiger partial charge in [-0.15, -0.1) is 0 Å². The molecule has 0 saturated heterocycles. The summed E-state index contributed by atoms with van der Waals surface area (Å²) in [5.41, 5.74) is 3.71. The van der Waals surface area contributed by atoms with Crippen LogP contribution in [0.3, 0.4) is 0 Å². The van der Waals surface area contributed by atoms with E-state index in [1.54, 1.807) is 17.0 Å². The van der Waals surface area contributed by atoms with Crippen LogP contribution in [0, 0.1) is 0 Å². The number of aromatic nitrogens is 4. The zero-order valence-corrected chi connectivity index (χ0v) is 14.4. The number of fused-ring (bicyclic) bond motifs is 2. The molecule has 0 radical (unpaired) electrons. The molecule has 132 valence electrons. The highest BCUT2D eigenvalue weighted by Gasteiger charge is 2.27. The van der Waals surface area contributed by atoms with Crippen LogP contribution in [-0.4, -0.2) is 49.5 Å². The summed E-state index contributed by atoms with van der Waals surface area (Å²) in [6, 6.07) is 6.31. The van der Waals surface area contributed by atoms with Gasteiger partial charge in [-0.25, -0.2) is 14.5 Å². The molecule has 1 amide bonds. The summed E-state index contributed by atoms with van der Waals surface area (Å²) in [6.07, 6.45) is 9.09. The van der Waals surface area contributed by atoms with Crippen LogP contribution in [-0.2, 0) is 12.8 Å². The number of amides is 1. The predicted octanol–water partition coefficient (Wildman–Crippen LogP) is 1.94. The summed E-state index contributed by atoms with van der Waals surface area (Å²) in [6.45, 7) is 1.33. The number of nitrogens with zero attached hydrogens (tertiary/aromatic N) is 5. The van der Waals surface area contributed by atoms with E-state index in [0.29, 0.717) is 24.7 Å². The number of carbonyl (C=O) groups is 1. The van der Waals surface area contributed by atoms with Gasteiger partial charge in [0, 0.05) is 37.3 Å². The van der Waals surface area contributed by atoms with Crippen molar-refractivity contribution in [2.45, 2.75) is 31.7 Å². The van der Waals surface area contributed by atoms with Crippen LogP contribution in [0.25, 0.3) is 5.52 Å². The molecule has 7 nitrogen and oxygen atoms in total. The number of carbonyl (C=O) groups excluding carboxylic acids is 1. The normalized spacial score (nSPS) is 17.0. The van der Waals surface area contributed by atoms with E-state index in [1.807, 2.05) is 29.3 Å². The average Bonchev–Trinajstić information content (AvgIpc) is 3.42. The maximum Gasteiger partial charge on any atom is 0.257 e. The second-order valence-electron chi connectivity index (χ2n) is 6.95. The van der Waals surface area contributed by atoms with Gasteiger partial charge in [0.25, 0.3) is 5.91 Å². The molecule has 4 heterocycles. The van der Waals surface area contributed by atoms with Gasteiger partial charge in [0.15, 0.2) is 0 Å². The summed E-state index contributed by atoms with van der Waals surface area (Å²) in [4.78, 5) is 23.9. The molecule has 2 aliphatic rings. The molecule has 0 atom stereocenters. The Balaban J connectivity index is 1.39. The van der Waals surface area contributed by atoms with Crippen molar-refractivity contribution in [3.8, 4) is 0 Å². The van der Waals surface area contributed by atoms with Gasteiger partial charge in [0.2, 0.25) is 0 Å². The number of hydrogen-bond donors (Lipinski definition) is 1. The Morgan fingerprint density at radius 1 is 1.15 bits per heavy atom. The Kier molecular flexibility index (Phi) is 3.58. The highest BCUT2D eigenvalue weighted by atomic mass is 16.2. The number of pyridine rings is 1. The molecule has 1 N–H and O–H groups in total. The molecule has 0 aromatic carbocycles. The summed E-state index contributed by atoms with van der Waals surface area (Å²) in [7, 11) is 0. The van der Waals surface area contributed by atoms with Gasteiger partial charge < -0.3 is 10.2 Å². The van der Waals surface area contributed by atoms with Crippen molar-refractivity contribution in [3.63, 3.8) is 0 Å². The predicted molar refractivity (Wildman–Crippen MR) is 97.2 cm³/mol. The zero-order valence-electron chi connectivity index (χ0n) is 14.4. The molecular weight excluding hydrogens is 328 g/mol. The van der Waals surface area contributed by atoms with Crippen LogP contribution in [0.4, 0.5) is 5.82 Å². The molecular formula is C19H20N6O. The number of hydrogen-bond acceptors (Lipinski definition) is 5. The van der Waals surface area contributed by atoms with E-state index < -0.39 is 0 Å². The molecule has 7 heteroatoms. The summed E-state index contributed by atoms with van der Waals surface area (Å²) in [5.74, 6) is 0.978. The van der Waals surface area contributed by atoms with Crippen LogP contribution in [0.2, 0.25) is 0 Å². The molecule has 0 unspecified atom stereocenters. The first-order chi connectivity index (χ1) is 12.8. The maximum absolute atomic E-state index is 13.1. The van der Waals surface area contributed by atoms with Crippen molar-refractivity contribution < 1.29 is 4.79 Å². The Morgan fingerprint density at radius 2 is 2.04 bits per heavy atom. The van der Waals surface area contributed by atoms with Crippen molar-refractivity contribution in [2.75, 3.05) is 18.4 Å². The lowest BCUT2D eigenvalue weighted by molar-refractivity contribution is 0.0765. The third-order valence-electron chi connectivity index (χ3n) is 5.15. The van der Waals surface area contributed by atoms with Gasteiger partial charge in [0.1, 0.15) is 12.1 Å². The number of rotatable bonds is 3. The molecule has 1 fully saturated rings. The van der Waals surface area contributed by atoms with Crippen molar-refractivity contribution in [2.24, 2.45) is 0 Å².